The molecule has 1 amide bonds. The van der Waals surface area contributed by atoms with Gasteiger partial charge < -0.3 is 15.7 Å². The zero-order valence-corrected chi connectivity index (χ0v) is 11.9. The van der Waals surface area contributed by atoms with Gasteiger partial charge in [0.15, 0.2) is 5.75 Å². The smallest absolute Gasteiger partial charge is 0.310 e. The second-order valence-electron chi connectivity index (χ2n) is 5.45. The number of nitrogens with two attached hydrogens (primary N) is 1. The molecule has 0 saturated carbocycles. The molecule has 0 aromatic heterocycles. The van der Waals surface area contributed by atoms with Crippen molar-refractivity contribution in [1.82, 2.24) is 4.90 Å². The van der Waals surface area contributed by atoms with Gasteiger partial charge in [-0.05, 0) is 37.8 Å². The summed E-state index contributed by atoms with van der Waals surface area (Å²) in [7, 11) is 0. The number of hydrogen-bond donors (Lipinski definition) is 2. The lowest BCUT2D eigenvalue weighted by atomic mass is 9.90. The summed E-state index contributed by atoms with van der Waals surface area (Å²) in [5, 5.41) is 20.2. The molecule has 1 aliphatic heterocycles. The molecule has 1 aliphatic rings. The first-order chi connectivity index (χ1) is 9.90. The fourth-order valence-corrected chi connectivity index (χ4v) is 2.62. The summed E-state index contributed by atoms with van der Waals surface area (Å²) in [5.41, 5.74) is 5.73. The quantitative estimate of drug-likeness (QED) is 0.648. The fourth-order valence-electron chi connectivity index (χ4n) is 2.62. The predicted molar refractivity (Wildman–Crippen MR) is 77.0 cm³/mol. The summed E-state index contributed by atoms with van der Waals surface area (Å²) in [6.45, 7) is 3.20. The number of likely N-dealkylation sites (tertiary alicyclic amines) is 1. The van der Waals surface area contributed by atoms with E-state index in [1.807, 2.05) is 6.92 Å². The predicted octanol–water partition coefficient (Wildman–Crippen LogP) is 1.50. The van der Waals surface area contributed by atoms with Crippen molar-refractivity contribution < 1.29 is 14.8 Å². The van der Waals surface area contributed by atoms with Gasteiger partial charge in [0.1, 0.15) is 0 Å². The van der Waals surface area contributed by atoms with E-state index in [9.17, 15) is 20.0 Å². The maximum atomic E-state index is 12.3. The van der Waals surface area contributed by atoms with Gasteiger partial charge in [-0.15, -0.1) is 0 Å². The van der Waals surface area contributed by atoms with Crippen molar-refractivity contribution in [3.8, 4) is 5.75 Å². The third-order valence-electron chi connectivity index (χ3n) is 3.99. The second kappa shape index (κ2) is 6.09. The lowest BCUT2D eigenvalue weighted by molar-refractivity contribution is -0.385. The minimum absolute atomic E-state index is 0.116. The lowest BCUT2D eigenvalue weighted by Crippen LogP contribution is -2.42. The molecule has 0 spiro atoms. The number of amides is 1. The van der Waals surface area contributed by atoms with Crippen LogP contribution in [0.25, 0.3) is 0 Å². The minimum Gasteiger partial charge on any atom is -0.502 e. The molecule has 1 aromatic rings. The number of rotatable bonds is 3. The number of carbonyl (C=O) groups excluding carboxylic acids is 1. The van der Waals surface area contributed by atoms with Gasteiger partial charge in [-0.3, -0.25) is 14.9 Å². The Kier molecular flexibility index (Phi) is 4.42. The Labute approximate surface area is 122 Å². The van der Waals surface area contributed by atoms with Crippen LogP contribution in [0.1, 0.15) is 30.1 Å². The average Bonchev–Trinajstić information content (AvgIpc) is 2.46. The van der Waals surface area contributed by atoms with Crippen LogP contribution in [0, 0.1) is 16.0 Å². The Morgan fingerprint density at radius 1 is 1.48 bits per heavy atom. The van der Waals surface area contributed by atoms with Crippen LogP contribution in [0.2, 0.25) is 0 Å². The minimum atomic E-state index is -0.683. The Morgan fingerprint density at radius 2 is 2.10 bits per heavy atom. The van der Waals surface area contributed by atoms with Crippen LogP contribution < -0.4 is 5.73 Å². The second-order valence-corrected chi connectivity index (χ2v) is 5.45. The number of nitro benzene ring substituents is 1. The van der Waals surface area contributed by atoms with Gasteiger partial charge in [-0.1, -0.05) is 0 Å². The van der Waals surface area contributed by atoms with Gasteiger partial charge >= 0.3 is 5.69 Å². The van der Waals surface area contributed by atoms with E-state index in [1.165, 1.54) is 6.07 Å². The molecule has 3 N–H and O–H groups in total. The monoisotopic (exact) mass is 293 g/mol. The van der Waals surface area contributed by atoms with Gasteiger partial charge in [0.2, 0.25) is 0 Å². The van der Waals surface area contributed by atoms with Crippen LogP contribution in [-0.2, 0) is 0 Å². The summed E-state index contributed by atoms with van der Waals surface area (Å²) < 4.78 is 0. The molecule has 21 heavy (non-hydrogen) atoms. The van der Waals surface area contributed by atoms with Crippen LogP contribution >= 0.6 is 0 Å². The summed E-state index contributed by atoms with van der Waals surface area (Å²) in [6.07, 6.45) is 1.70. The van der Waals surface area contributed by atoms with E-state index in [2.05, 4.69) is 0 Å². The summed E-state index contributed by atoms with van der Waals surface area (Å²) in [4.78, 5) is 24.0. The van der Waals surface area contributed by atoms with Gasteiger partial charge in [-0.25, -0.2) is 0 Å². The van der Waals surface area contributed by atoms with E-state index in [0.717, 1.165) is 25.0 Å². The number of phenolic OH excluding ortho intramolecular Hbond substituents is 1. The Balaban J connectivity index is 2.08. The highest BCUT2D eigenvalue weighted by Gasteiger charge is 2.26. The summed E-state index contributed by atoms with van der Waals surface area (Å²) >= 11 is 0. The third-order valence-corrected chi connectivity index (χ3v) is 3.99. The molecule has 7 nitrogen and oxygen atoms in total. The first-order valence-electron chi connectivity index (χ1n) is 6.92. The molecule has 1 heterocycles. The van der Waals surface area contributed by atoms with E-state index < -0.39 is 16.4 Å². The normalized spacial score (nSPS) is 17.5. The van der Waals surface area contributed by atoms with E-state index in [1.54, 1.807) is 4.90 Å². The number of carbonyl (C=O) groups is 1. The molecule has 2 rings (SSSR count). The number of nitro groups is 1. The molecular weight excluding hydrogens is 274 g/mol. The van der Waals surface area contributed by atoms with E-state index >= 15 is 0 Å². The van der Waals surface area contributed by atoms with Crippen molar-refractivity contribution in [2.24, 2.45) is 11.7 Å². The highest BCUT2D eigenvalue weighted by molar-refractivity contribution is 5.95. The van der Waals surface area contributed by atoms with Crippen molar-refractivity contribution in [2.45, 2.75) is 25.8 Å². The average molecular weight is 293 g/mol. The van der Waals surface area contributed by atoms with Gasteiger partial charge in [0, 0.05) is 30.8 Å². The third kappa shape index (κ3) is 3.30. The molecule has 114 valence electrons. The van der Waals surface area contributed by atoms with Crippen molar-refractivity contribution in [3.63, 3.8) is 0 Å². The molecule has 1 fully saturated rings. The SMILES string of the molecule is CC(N)C1CCN(C(=O)c2ccc([N+](=O)[O-])c(O)c2)CC1. The first kappa shape index (κ1) is 15.2. The Hall–Kier alpha value is -2.15. The van der Waals surface area contributed by atoms with Crippen molar-refractivity contribution in [1.29, 1.82) is 0 Å². The van der Waals surface area contributed by atoms with E-state index in [-0.39, 0.29) is 17.5 Å². The number of piperidine rings is 1. The summed E-state index contributed by atoms with van der Waals surface area (Å²) in [5.74, 6) is -0.293. The van der Waals surface area contributed by atoms with Crippen molar-refractivity contribution >= 4 is 11.6 Å². The highest BCUT2D eigenvalue weighted by atomic mass is 16.6. The summed E-state index contributed by atoms with van der Waals surface area (Å²) in [6, 6.07) is 3.79. The topological polar surface area (TPSA) is 110 Å². The van der Waals surface area contributed by atoms with E-state index in [0.29, 0.717) is 19.0 Å². The zero-order chi connectivity index (χ0) is 15.6. The number of benzene rings is 1. The van der Waals surface area contributed by atoms with Crippen LogP contribution in [0.3, 0.4) is 0 Å². The van der Waals surface area contributed by atoms with Gasteiger partial charge in [-0.2, -0.15) is 0 Å². The molecular formula is C14H19N3O4. The van der Waals surface area contributed by atoms with Crippen molar-refractivity contribution in [3.05, 3.63) is 33.9 Å². The van der Waals surface area contributed by atoms with Crippen LogP contribution in [0.15, 0.2) is 18.2 Å². The molecule has 1 unspecified atom stereocenters. The van der Waals surface area contributed by atoms with Crippen LogP contribution in [0.5, 0.6) is 5.75 Å². The van der Waals surface area contributed by atoms with Crippen LogP contribution in [-0.4, -0.2) is 40.0 Å². The maximum absolute atomic E-state index is 12.3. The molecule has 1 aromatic carbocycles. The Bertz CT molecular complexity index is 551. The van der Waals surface area contributed by atoms with Gasteiger partial charge in [0.05, 0.1) is 4.92 Å². The highest BCUT2D eigenvalue weighted by Crippen LogP contribution is 2.28. The van der Waals surface area contributed by atoms with Crippen LogP contribution in [0.4, 0.5) is 5.69 Å². The molecule has 1 atom stereocenters. The van der Waals surface area contributed by atoms with E-state index in [4.69, 9.17) is 5.73 Å². The molecule has 0 radical (unpaired) electrons. The Morgan fingerprint density at radius 3 is 2.57 bits per heavy atom. The van der Waals surface area contributed by atoms with Gasteiger partial charge in [0.25, 0.3) is 5.91 Å². The zero-order valence-electron chi connectivity index (χ0n) is 11.9. The molecule has 1 saturated heterocycles. The molecule has 0 bridgehead atoms. The number of hydrogen-bond acceptors (Lipinski definition) is 5. The van der Waals surface area contributed by atoms with Crippen molar-refractivity contribution in [2.75, 3.05) is 13.1 Å². The first-order valence-corrected chi connectivity index (χ1v) is 6.92. The standard InChI is InChI=1S/C14H19N3O4/c1-9(15)10-4-6-16(7-5-10)14(19)11-2-3-12(17(20)21)13(18)8-11/h2-3,8-10,18H,4-7,15H2,1H3. The number of nitrogens with zero attached hydrogens (tertiary/aromatic N) is 2. The maximum Gasteiger partial charge on any atom is 0.310 e. The molecule has 7 heteroatoms. The largest absolute Gasteiger partial charge is 0.502 e. The number of aromatic hydroxyl groups is 1. The lowest BCUT2D eigenvalue weighted by Gasteiger charge is -2.33. The molecule has 0 aliphatic carbocycles. The fraction of sp³-hybridized carbons (Fsp3) is 0.500. The number of phenols is 1.